The van der Waals surface area contributed by atoms with Crippen molar-refractivity contribution in [1.29, 1.82) is 0 Å². The fourth-order valence-corrected chi connectivity index (χ4v) is 3.00. The number of aromatic amines is 1. The summed E-state index contributed by atoms with van der Waals surface area (Å²) in [5.41, 5.74) is 3.36. The van der Waals surface area contributed by atoms with Crippen molar-refractivity contribution in [2.45, 2.75) is 12.3 Å². The lowest BCUT2D eigenvalue weighted by Gasteiger charge is -2.16. The number of halogens is 1. The highest BCUT2D eigenvalue weighted by Crippen LogP contribution is 2.35. The second-order valence-corrected chi connectivity index (χ2v) is 5.43. The predicted octanol–water partition coefficient (Wildman–Crippen LogP) is 3.35. The van der Waals surface area contributed by atoms with Crippen LogP contribution in [-0.4, -0.2) is 28.5 Å². The van der Waals surface area contributed by atoms with Gasteiger partial charge in [-0.05, 0) is 43.3 Å². The average molecular weight is 301 g/mol. The molecular weight excluding hydrogens is 284 g/mol. The fraction of sp³-hybridized carbons (Fsp3) is 0.250. The highest BCUT2D eigenvalue weighted by atomic mass is 35.5. The van der Waals surface area contributed by atoms with Crippen LogP contribution in [0.3, 0.4) is 0 Å². The van der Waals surface area contributed by atoms with Crippen molar-refractivity contribution in [3.8, 4) is 0 Å². The van der Waals surface area contributed by atoms with E-state index in [1.807, 2.05) is 43.8 Å². The van der Waals surface area contributed by atoms with Crippen LogP contribution in [0.5, 0.6) is 0 Å². The van der Waals surface area contributed by atoms with E-state index in [4.69, 9.17) is 11.6 Å². The Labute approximate surface area is 128 Å². The normalized spacial score (nSPS) is 12.7. The summed E-state index contributed by atoms with van der Waals surface area (Å²) in [6, 6.07) is 5.93. The Morgan fingerprint density at radius 1 is 1.29 bits per heavy atom. The molecule has 2 aromatic heterocycles. The molecule has 1 atom stereocenters. The summed E-state index contributed by atoms with van der Waals surface area (Å²) in [5, 5.41) is 5.07. The van der Waals surface area contributed by atoms with E-state index in [9.17, 15) is 0 Å². The minimum atomic E-state index is 0.215. The van der Waals surface area contributed by atoms with E-state index in [0.717, 1.165) is 34.5 Å². The number of rotatable bonds is 5. The average Bonchev–Trinajstić information content (AvgIpc) is 2.94. The highest BCUT2D eigenvalue weighted by molar-refractivity contribution is 6.35. The second kappa shape index (κ2) is 6.24. The zero-order valence-electron chi connectivity index (χ0n) is 11.8. The second-order valence-electron chi connectivity index (χ2n) is 5.02. The van der Waals surface area contributed by atoms with Gasteiger partial charge in [0, 0.05) is 35.4 Å². The Bertz CT molecular complexity index is 723. The molecule has 2 heterocycles. The molecule has 4 nitrogen and oxygen atoms in total. The van der Waals surface area contributed by atoms with Gasteiger partial charge in [0.05, 0.1) is 5.02 Å². The number of benzene rings is 1. The standard InChI is InChI=1S/C16H17ClN4/c1-18-6-5-12(11-7-19-10-20-8-11)13-9-21-15-4-2-3-14(17)16(13)15/h2-4,7-10,12,18,21H,5-6H2,1H3. The van der Waals surface area contributed by atoms with Gasteiger partial charge >= 0.3 is 0 Å². The lowest BCUT2D eigenvalue weighted by atomic mass is 9.90. The zero-order valence-corrected chi connectivity index (χ0v) is 12.6. The number of H-pyrrole nitrogens is 1. The fourth-order valence-electron chi connectivity index (χ4n) is 2.72. The molecule has 0 aliphatic heterocycles. The van der Waals surface area contributed by atoms with Crippen LogP contribution < -0.4 is 5.32 Å². The van der Waals surface area contributed by atoms with Gasteiger partial charge in [-0.2, -0.15) is 0 Å². The minimum absolute atomic E-state index is 0.215. The van der Waals surface area contributed by atoms with Crippen LogP contribution in [-0.2, 0) is 0 Å². The molecule has 2 N–H and O–H groups in total. The lowest BCUT2D eigenvalue weighted by Crippen LogP contribution is -2.13. The number of nitrogens with zero attached hydrogens (tertiary/aromatic N) is 2. The summed E-state index contributed by atoms with van der Waals surface area (Å²) in [5.74, 6) is 0.215. The number of nitrogens with one attached hydrogen (secondary N) is 2. The maximum atomic E-state index is 6.40. The van der Waals surface area contributed by atoms with E-state index in [0.29, 0.717) is 0 Å². The number of fused-ring (bicyclic) bond motifs is 1. The van der Waals surface area contributed by atoms with Gasteiger partial charge in [-0.1, -0.05) is 17.7 Å². The van der Waals surface area contributed by atoms with E-state index >= 15 is 0 Å². The molecule has 5 heteroatoms. The first kappa shape index (κ1) is 14.0. The first-order valence-corrected chi connectivity index (χ1v) is 7.34. The Hall–Kier alpha value is -1.91. The summed E-state index contributed by atoms with van der Waals surface area (Å²) >= 11 is 6.40. The largest absolute Gasteiger partial charge is 0.361 e. The summed E-state index contributed by atoms with van der Waals surface area (Å²) in [7, 11) is 1.96. The van der Waals surface area contributed by atoms with E-state index in [1.54, 1.807) is 6.33 Å². The SMILES string of the molecule is CNCCC(c1cncnc1)c1c[nH]c2cccc(Cl)c12. The highest BCUT2D eigenvalue weighted by Gasteiger charge is 2.19. The topological polar surface area (TPSA) is 53.6 Å². The third-order valence-corrected chi connectivity index (χ3v) is 4.04. The van der Waals surface area contributed by atoms with Gasteiger partial charge in [-0.25, -0.2) is 9.97 Å². The molecule has 0 fully saturated rings. The van der Waals surface area contributed by atoms with Crippen LogP contribution in [0.25, 0.3) is 10.9 Å². The predicted molar refractivity (Wildman–Crippen MR) is 85.7 cm³/mol. The molecule has 0 aliphatic rings. The monoisotopic (exact) mass is 300 g/mol. The molecule has 0 saturated carbocycles. The third kappa shape index (κ3) is 2.77. The van der Waals surface area contributed by atoms with Crippen molar-refractivity contribution >= 4 is 22.5 Å². The summed E-state index contributed by atoms with van der Waals surface area (Å²) in [6.45, 7) is 0.913. The van der Waals surface area contributed by atoms with Gasteiger partial charge in [0.15, 0.2) is 0 Å². The summed E-state index contributed by atoms with van der Waals surface area (Å²) in [6.07, 6.45) is 8.32. The van der Waals surface area contributed by atoms with Gasteiger partial charge in [0.1, 0.15) is 6.33 Å². The molecule has 0 aliphatic carbocycles. The van der Waals surface area contributed by atoms with Gasteiger partial charge in [0.2, 0.25) is 0 Å². The number of hydrogen-bond acceptors (Lipinski definition) is 3. The molecule has 0 amide bonds. The van der Waals surface area contributed by atoms with E-state index in [2.05, 4.69) is 20.3 Å². The first-order valence-electron chi connectivity index (χ1n) is 6.96. The molecule has 3 rings (SSSR count). The quantitative estimate of drug-likeness (QED) is 0.760. The Kier molecular flexibility index (Phi) is 4.18. The first-order chi connectivity index (χ1) is 10.3. The van der Waals surface area contributed by atoms with Crippen molar-refractivity contribution in [2.75, 3.05) is 13.6 Å². The molecule has 0 spiro atoms. The van der Waals surface area contributed by atoms with Crippen molar-refractivity contribution in [3.63, 3.8) is 0 Å². The van der Waals surface area contributed by atoms with Crippen molar-refractivity contribution in [3.05, 3.63) is 59.3 Å². The smallest absolute Gasteiger partial charge is 0.115 e. The van der Waals surface area contributed by atoms with E-state index < -0.39 is 0 Å². The van der Waals surface area contributed by atoms with Gasteiger partial charge in [-0.3, -0.25) is 0 Å². The van der Waals surface area contributed by atoms with Crippen LogP contribution in [0.1, 0.15) is 23.5 Å². The van der Waals surface area contributed by atoms with Crippen molar-refractivity contribution in [1.82, 2.24) is 20.3 Å². The molecule has 0 bridgehead atoms. The van der Waals surface area contributed by atoms with Crippen LogP contribution in [0, 0.1) is 0 Å². The molecule has 0 saturated heterocycles. The van der Waals surface area contributed by atoms with Gasteiger partial charge < -0.3 is 10.3 Å². The molecule has 1 unspecified atom stereocenters. The van der Waals surface area contributed by atoms with Crippen LogP contribution in [0.2, 0.25) is 5.02 Å². The molecule has 3 aromatic rings. The lowest BCUT2D eigenvalue weighted by molar-refractivity contribution is 0.660. The Morgan fingerprint density at radius 3 is 2.86 bits per heavy atom. The molecule has 108 valence electrons. The van der Waals surface area contributed by atoms with Gasteiger partial charge in [0.25, 0.3) is 0 Å². The number of aromatic nitrogens is 3. The van der Waals surface area contributed by atoms with Crippen LogP contribution in [0.15, 0.2) is 43.1 Å². The maximum absolute atomic E-state index is 6.40. The molecule has 0 radical (unpaired) electrons. The number of hydrogen-bond donors (Lipinski definition) is 2. The van der Waals surface area contributed by atoms with Gasteiger partial charge in [-0.15, -0.1) is 0 Å². The van der Waals surface area contributed by atoms with Crippen LogP contribution in [0.4, 0.5) is 0 Å². The summed E-state index contributed by atoms with van der Waals surface area (Å²) in [4.78, 5) is 11.6. The maximum Gasteiger partial charge on any atom is 0.115 e. The van der Waals surface area contributed by atoms with Crippen molar-refractivity contribution in [2.24, 2.45) is 0 Å². The zero-order chi connectivity index (χ0) is 14.7. The van der Waals surface area contributed by atoms with Crippen LogP contribution >= 0.6 is 11.6 Å². The van der Waals surface area contributed by atoms with E-state index in [-0.39, 0.29) is 5.92 Å². The van der Waals surface area contributed by atoms with E-state index in [1.165, 1.54) is 5.56 Å². The third-order valence-electron chi connectivity index (χ3n) is 3.73. The summed E-state index contributed by atoms with van der Waals surface area (Å²) < 4.78 is 0. The van der Waals surface area contributed by atoms with Crippen molar-refractivity contribution < 1.29 is 0 Å². The molecular formula is C16H17ClN4. The Balaban J connectivity index is 2.10. The molecule has 21 heavy (non-hydrogen) atoms. The Morgan fingerprint density at radius 2 is 2.10 bits per heavy atom. The molecule has 1 aromatic carbocycles. The minimum Gasteiger partial charge on any atom is -0.361 e.